The van der Waals surface area contributed by atoms with Gasteiger partial charge in [0.2, 0.25) is 11.6 Å². The van der Waals surface area contributed by atoms with Crippen LogP contribution in [0.15, 0.2) is 80.6 Å². The standard InChI is InChI=1S/C23H14BrClN4O4S/c24-16-6-2-1-5-15(16)20-12-34-23(27-18-8-4-3-7-17(18)25)28(20)26-11-14-9-21-22(33-13-32-21)10-19(14)29(30)31/h1-12H,13H2. The van der Waals surface area contributed by atoms with E-state index in [0.717, 1.165) is 15.7 Å². The second-order valence-corrected chi connectivity index (χ2v) is 9.12. The minimum absolute atomic E-state index is 0.0133. The van der Waals surface area contributed by atoms with Gasteiger partial charge in [-0.05, 0) is 24.3 Å². The van der Waals surface area contributed by atoms with E-state index in [1.165, 1.54) is 23.6 Å². The van der Waals surface area contributed by atoms with Gasteiger partial charge in [0.1, 0.15) is 0 Å². The van der Waals surface area contributed by atoms with E-state index in [-0.39, 0.29) is 18.0 Å². The second kappa shape index (κ2) is 9.41. The normalized spacial score (nSPS) is 13.1. The third-order valence-corrected chi connectivity index (χ3v) is 6.76. The summed E-state index contributed by atoms with van der Waals surface area (Å²) in [6.07, 6.45) is 1.42. The molecule has 0 aliphatic carbocycles. The van der Waals surface area contributed by atoms with Crippen LogP contribution in [0.3, 0.4) is 0 Å². The van der Waals surface area contributed by atoms with Gasteiger partial charge in [-0.1, -0.05) is 57.9 Å². The lowest BCUT2D eigenvalue weighted by molar-refractivity contribution is -0.385. The Hall–Kier alpha value is -3.47. The Morgan fingerprint density at radius 2 is 1.85 bits per heavy atom. The average Bonchev–Trinajstić information content (AvgIpc) is 3.45. The monoisotopic (exact) mass is 556 g/mol. The van der Waals surface area contributed by atoms with Crippen LogP contribution in [-0.2, 0) is 0 Å². The molecule has 0 unspecified atom stereocenters. The maximum atomic E-state index is 11.7. The van der Waals surface area contributed by atoms with Crippen LogP contribution < -0.4 is 14.3 Å². The number of nitrogens with zero attached hydrogens (tertiary/aromatic N) is 4. The van der Waals surface area contributed by atoms with Crippen molar-refractivity contribution in [1.82, 2.24) is 4.68 Å². The lowest BCUT2D eigenvalue weighted by Crippen LogP contribution is -2.12. The van der Waals surface area contributed by atoms with Gasteiger partial charge in [-0.25, -0.2) is 9.67 Å². The van der Waals surface area contributed by atoms with Crippen LogP contribution in [0.1, 0.15) is 5.56 Å². The highest BCUT2D eigenvalue weighted by Crippen LogP contribution is 2.37. The summed E-state index contributed by atoms with van der Waals surface area (Å²) in [5.41, 5.74) is 2.35. The molecule has 1 aromatic heterocycles. The van der Waals surface area contributed by atoms with Gasteiger partial charge in [0, 0.05) is 15.4 Å². The van der Waals surface area contributed by atoms with Crippen LogP contribution in [0.25, 0.3) is 11.3 Å². The fraction of sp³-hybridized carbons (Fsp3) is 0.0435. The van der Waals surface area contributed by atoms with Crippen molar-refractivity contribution >= 4 is 56.5 Å². The molecule has 3 aromatic carbocycles. The van der Waals surface area contributed by atoms with Gasteiger partial charge in [0.25, 0.3) is 5.69 Å². The number of thiazole rings is 1. The number of ether oxygens (including phenoxy) is 2. The second-order valence-electron chi connectivity index (χ2n) is 7.02. The van der Waals surface area contributed by atoms with Crippen molar-refractivity contribution in [2.75, 3.05) is 6.79 Å². The number of benzene rings is 3. The quantitative estimate of drug-likeness (QED) is 0.162. The van der Waals surface area contributed by atoms with Crippen molar-refractivity contribution in [3.63, 3.8) is 0 Å². The molecule has 0 saturated carbocycles. The van der Waals surface area contributed by atoms with Crippen molar-refractivity contribution < 1.29 is 14.4 Å². The number of fused-ring (bicyclic) bond motifs is 1. The van der Waals surface area contributed by atoms with Gasteiger partial charge in [-0.15, -0.1) is 11.3 Å². The van der Waals surface area contributed by atoms with Gasteiger partial charge in [0.15, 0.2) is 11.5 Å². The molecule has 0 fully saturated rings. The van der Waals surface area contributed by atoms with Crippen LogP contribution in [-0.4, -0.2) is 22.6 Å². The summed E-state index contributed by atoms with van der Waals surface area (Å²) < 4.78 is 13.2. The lowest BCUT2D eigenvalue weighted by atomic mass is 10.1. The molecule has 1 aliphatic rings. The number of hydrogen-bond acceptors (Lipinski definition) is 7. The van der Waals surface area contributed by atoms with Gasteiger partial charge < -0.3 is 9.47 Å². The fourth-order valence-electron chi connectivity index (χ4n) is 3.32. The first kappa shape index (κ1) is 22.3. The smallest absolute Gasteiger partial charge is 0.282 e. The molecule has 1 aliphatic heterocycles. The SMILES string of the molecule is O=[N+]([O-])c1cc2c(cc1C=Nn1c(-c3ccccc3Br)csc1=Nc1ccccc1Cl)OCO2. The first-order valence-corrected chi connectivity index (χ1v) is 11.9. The molecule has 11 heteroatoms. The Balaban J connectivity index is 1.68. The number of nitro groups is 1. The molecule has 170 valence electrons. The highest BCUT2D eigenvalue weighted by Gasteiger charge is 2.22. The largest absolute Gasteiger partial charge is 0.454 e. The summed E-state index contributed by atoms with van der Waals surface area (Å²) in [7, 11) is 0. The van der Waals surface area contributed by atoms with Crippen molar-refractivity contribution in [2.24, 2.45) is 10.1 Å². The molecule has 5 rings (SSSR count). The number of halogens is 2. The number of rotatable bonds is 5. The molecule has 0 spiro atoms. The van der Waals surface area contributed by atoms with E-state index in [1.807, 2.05) is 41.8 Å². The number of aromatic nitrogens is 1. The van der Waals surface area contributed by atoms with E-state index in [1.54, 1.807) is 22.9 Å². The predicted molar refractivity (Wildman–Crippen MR) is 134 cm³/mol. The molecule has 0 radical (unpaired) electrons. The van der Waals surface area contributed by atoms with Crippen molar-refractivity contribution in [3.8, 4) is 22.8 Å². The van der Waals surface area contributed by atoms with Gasteiger partial charge >= 0.3 is 0 Å². The third-order valence-electron chi connectivity index (χ3n) is 4.93. The molecular formula is C23H14BrClN4O4S. The minimum atomic E-state index is -0.481. The van der Waals surface area contributed by atoms with Crippen LogP contribution in [0, 0.1) is 10.1 Å². The maximum Gasteiger partial charge on any atom is 0.282 e. The summed E-state index contributed by atoms with van der Waals surface area (Å²) in [4.78, 5) is 16.4. The van der Waals surface area contributed by atoms with E-state index >= 15 is 0 Å². The Morgan fingerprint density at radius 3 is 2.62 bits per heavy atom. The molecule has 8 nitrogen and oxygen atoms in total. The zero-order valence-corrected chi connectivity index (χ0v) is 20.4. The summed E-state index contributed by atoms with van der Waals surface area (Å²) in [5.74, 6) is 0.754. The maximum absolute atomic E-state index is 11.7. The van der Waals surface area contributed by atoms with Gasteiger partial charge in [-0.2, -0.15) is 5.10 Å². The van der Waals surface area contributed by atoms with Gasteiger partial charge in [0.05, 0.1) is 39.2 Å². The summed E-state index contributed by atoms with van der Waals surface area (Å²) >= 11 is 11.3. The third kappa shape index (κ3) is 4.35. The molecule has 0 atom stereocenters. The zero-order chi connectivity index (χ0) is 23.7. The first-order chi connectivity index (χ1) is 16.5. The van der Waals surface area contributed by atoms with Crippen molar-refractivity contribution in [3.05, 3.63) is 96.0 Å². The molecule has 0 saturated heterocycles. The van der Waals surface area contributed by atoms with Crippen LogP contribution in [0.5, 0.6) is 11.5 Å². The highest BCUT2D eigenvalue weighted by atomic mass is 79.9. The Kier molecular flexibility index (Phi) is 6.18. The molecule has 34 heavy (non-hydrogen) atoms. The molecule has 4 aromatic rings. The van der Waals surface area contributed by atoms with Crippen LogP contribution in [0.4, 0.5) is 11.4 Å². The van der Waals surface area contributed by atoms with Gasteiger partial charge in [-0.3, -0.25) is 10.1 Å². The summed E-state index contributed by atoms with van der Waals surface area (Å²) in [5, 5.41) is 18.7. The number of nitro benzene ring substituents is 1. The molecular weight excluding hydrogens is 544 g/mol. The molecule has 0 bridgehead atoms. The van der Waals surface area contributed by atoms with Crippen LogP contribution in [0.2, 0.25) is 5.02 Å². The van der Waals surface area contributed by atoms with E-state index in [2.05, 4.69) is 26.0 Å². The number of para-hydroxylation sites is 1. The molecule has 0 N–H and O–H groups in total. The van der Waals surface area contributed by atoms with E-state index < -0.39 is 4.92 Å². The van der Waals surface area contributed by atoms with E-state index in [4.69, 9.17) is 21.1 Å². The molecule has 2 heterocycles. The Labute approximate surface area is 210 Å². The highest BCUT2D eigenvalue weighted by molar-refractivity contribution is 9.10. The lowest BCUT2D eigenvalue weighted by Gasteiger charge is -2.06. The average molecular weight is 558 g/mol. The summed E-state index contributed by atoms with van der Waals surface area (Å²) in [6.45, 7) is 0.0133. The Morgan fingerprint density at radius 1 is 1.12 bits per heavy atom. The number of hydrogen-bond donors (Lipinski definition) is 0. The first-order valence-electron chi connectivity index (χ1n) is 9.88. The topological polar surface area (TPSA) is 91.2 Å². The zero-order valence-electron chi connectivity index (χ0n) is 17.2. The van der Waals surface area contributed by atoms with Crippen LogP contribution >= 0.6 is 38.9 Å². The Bertz CT molecular complexity index is 1520. The minimum Gasteiger partial charge on any atom is -0.454 e. The van der Waals surface area contributed by atoms with E-state index in [9.17, 15) is 10.1 Å². The van der Waals surface area contributed by atoms with E-state index in [0.29, 0.717) is 27.0 Å². The fourth-order valence-corrected chi connectivity index (χ4v) is 4.82. The predicted octanol–water partition coefficient (Wildman–Crippen LogP) is 6.38. The molecule has 0 amide bonds. The van der Waals surface area contributed by atoms with Crippen molar-refractivity contribution in [1.29, 1.82) is 0 Å². The summed E-state index contributed by atoms with van der Waals surface area (Å²) in [6, 6.07) is 17.8. The van der Waals surface area contributed by atoms with Crippen molar-refractivity contribution in [2.45, 2.75) is 0 Å².